The van der Waals surface area contributed by atoms with Crippen molar-refractivity contribution in [3.8, 4) is 0 Å². The van der Waals surface area contributed by atoms with Crippen LogP contribution in [-0.4, -0.2) is 48.5 Å². The minimum absolute atomic E-state index is 0.0334. The molecule has 0 saturated carbocycles. The Morgan fingerprint density at radius 1 is 1.06 bits per heavy atom. The monoisotopic (exact) mass is 545 g/mol. The third kappa shape index (κ3) is 6.18. The molecule has 1 amide bonds. The van der Waals surface area contributed by atoms with E-state index >= 15 is 0 Å². The normalized spacial score (nSPS) is 23.9. The van der Waals surface area contributed by atoms with Crippen LogP contribution in [0.4, 0.5) is 0 Å². The number of carbonyl (C=O) groups excluding carboxylic acids is 1. The molecule has 2 fully saturated rings. The van der Waals surface area contributed by atoms with Crippen LogP contribution < -0.4 is 0 Å². The van der Waals surface area contributed by atoms with Crippen LogP contribution in [0.1, 0.15) is 44.1 Å². The molecule has 0 N–H and O–H groups in total. The summed E-state index contributed by atoms with van der Waals surface area (Å²) in [5.74, 6) is 0.220. The van der Waals surface area contributed by atoms with E-state index < -0.39 is 9.84 Å². The van der Waals surface area contributed by atoms with Crippen molar-refractivity contribution in [2.75, 3.05) is 12.4 Å². The largest absolute Gasteiger partial charge is 0.376 e. The molecule has 34 heavy (non-hydrogen) atoms. The van der Waals surface area contributed by atoms with E-state index in [1.54, 1.807) is 24.3 Å². The van der Waals surface area contributed by atoms with Crippen LogP contribution in [0.5, 0.6) is 0 Å². The van der Waals surface area contributed by atoms with Gasteiger partial charge in [0.25, 0.3) is 0 Å². The fourth-order valence-corrected chi connectivity index (χ4v) is 7.03. The van der Waals surface area contributed by atoms with E-state index in [1.807, 2.05) is 29.2 Å². The molecule has 5 nitrogen and oxygen atoms in total. The van der Waals surface area contributed by atoms with Crippen molar-refractivity contribution in [3.63, 3.8) is 0 Å². The zero-order valence-electron chi connectivity index (χ0n) is 19.3. The fourth-order valence-electron chi connectivity index (χ4n) is 5.01. The van der Waals surface area contributed by atoms with Gasteiger partial charge in [-0.1, -0.05) is 76.1 Å². The Balaban J connectivity index is 1.38. The highest BCUT2D eigenvalue weighted by Gasteiger charge is 2.45. The first-order valence-corrected chi connectivity index (χ1v) is 14.6. The molecule has 0 bridgehead atoms. The second-order valence-corrected chi connectivity index (χ2v) is 12.3. The molecule has 0 spiro atoms. The lowest BCUT2D eigenvalue weighted by atomic mass is 9.88. The number of ether oxygens (including phenoxy) is 1. The molecule has 2 heterocycles. The SMILES string of the molecule is O=C1C(Br)C[C@@H]2CC/C(=C\CCOCc3ccccc3)[C@@H](CCCS(=O)(=O)c3ccccc3)N12. The Labute approximate surface area is 211 Å². The van der Waals surface area contributed by atoms with Gasteiger partial charge in [-0.25, -0.2) is 8.42 Å². The van der Waals surface area contributed by atoms with Crippen LogP contribution in [-0.2, 0) is 26.0 Å². The number of piperidine rings is 1. The average Bonchev–Trinajstić information content (AvgIpc) is 3.14. The number of carbonyl (C=O) groups is 1. The van der Waals surface area contributed by atoms with E-state index in [2.05, 4.69) is 34.1 Å². The summed E-state index contributed by atoms with van der Waals surface area (Å²) in [6.07, 6.45) is 6.91. The smallest absolute Gasteiger partial charge is 0.237 e. The number of hydrogen-bond acceptors (Lipinski definition) is 4. The molecular formula is C27H32BrNO4S. The molecule has 2 saturated heterocycles. The zero-order chi connectivity index (χ0) is 24.0. The number of rotatable bonds is 10. The highest BCUT2D eigenvalue weighted by Crippen LogP contribution is 2.39. The van der Waals surface area contributed by atoms with Crippen molar-refractivity contribution in [3.05, 3.63) is 77.9 Å². The van der Waals surface area contributed by atoms with E-state index in [-0.39, 0.29) is 28.6 Å². The number of benzene rings is 2. The summed E-state index contributed by atoms with van der Waals surface area (Å²) in [4.78, 5) is 15.2. The summed E-state index contributed by atoms with van der Waals surface area (Å²) in [5.41, 5.74) is 2.39. The Morgan fingerprint density at radius 3 is 2.50 bits per heavy atom. The number of nitrogens with zero attached hydrogens (tertiary/aromatic N) is 1. The second kappa shape index (κ2) is 11.6. The van der Waals surface area contributed by atoms with Crippen LogP contribution in [0.25, 0.3) is 0 Å². The summed E-state index contributed by atoms with van der Waals surface area (Å²) in [6, 6.07) is 18.9. The van der Waals surface area contributed by atoms with Gasteiger partial charge in [-0.05, 0) is 56.2 Å². The molecule has 1 unspecified atom stereocenters. The third-order valence-electron chi connectivity index (χ3n) is 6.70. The highest BCUT2D eigenvalue weighted by atomic mass is 79.9. The maximum absolute atomic E-state index is 12.9. The molecule has 4 rings (SSSR count). The van der Waals surface area contributed by atoms with Crippen molar-refractivity contribution >= 4 is 31.7 Å². The first-order chi connectivity index (χ1) is 16.5. The van der Waals surface area contributed by atoms with Crippen LogP contribution in [0.2, 0.25) is 0 Å². The number of alkyl halides is 1. The van der Waals surface area contributed by atoms with Gasteiger partial charge in [-0.3, -0.25) is 4.79 Å². The predicted molar refractivity (Wildman–Crippen MR) is 138 cm³/mol. The van der Waals surface area contributed by atoms with Gasteiger partial charge < -0.3 is 9.64 Å². The average molecular weight is 547 g/mol. The maximum Gasteiger partial charge on any atom is 0.237 e. The number of sulfone groups is 1. The minimum Gasteiger partial charge on any atom is -0.376 e. The Morgan fingerprint density at radius 2 is 1.76 bits per heavy atom. The summed E-state index contributed by atoms with van der Waals surface area (Å²) in [7, 11) is -3.33. The van der Waals surface area contributed by atoms with E-state index in [9.17, 15) is 13.2 Å². The quantitative estimate of drug-likeness (QED) is 0.231. The molecule has 3 atom stereocenters. The Kier molecular flexibility index (Phi) is 8.61. The van der Waals surface area contributed by atoms with Crippen molar-refractivity contribution < 1.29 is 17.9 Å². The van der Waals surface area contributed by atoms with Gasteiger partial charge >= 0.3 is 0 Å². The molecule has 2 aromatic carbocycles. The lowest BCUT2D eigenvalue weighted by molar-refractivity contribution is -0.131. The molecule has 0 radical (unpaired) electrons. The van der Waals surface area contributed by atoms with Crippen molar-refractivity contribution in [1.82, 2.24) is 4.90 Å². The van der Waals surface area contributed by atoms with E-state index in [4.69, 9.17) is 4.74 Å². The van der Waals surface area contributed by atoms with Gasteiger partial charge in [0, 0.05) is 6.04 Å². The molecule has 2 aliphatic heterocycles. The molecule has 7 heteroatoms. The minimum atomic E-state index is -3.33. The fraction of sp³-hybridized carbons (Fsp3) is 0.444. The predicted octanol–water partition coefficient (Wildman–Crippen LogP) is 5.30. The topological polar surface area (TPSA) is 63.7 Å². The van der Waals surface area contributed by atoms with E-state index in [1.165, 1.54) is 5.57 Å². The molecule has 0 aliphatic carbocycles. The van der Waals surface area contributed by atoms with Gasteiger partial charge in [0.2, 0.25) is 5.91 Å². The van der Waals surface area contributed by atoms with Gasteiger partial charge in [-0.15, -0.1) is 0 Å². The van der Waals surface area contributed by atoms with Crippen LogP contribution in [0.3, 0.4) is 0 Å². The number of halogens is 1. The van der Waals surface area contributed by atoms with Gasteiger partial charge in [0.15, 0.2) is 9.84 Å². The lowest BCUT2D eigenvalue weighted by Gasteiger charge is -2.40. The summed E-state index contributed by atoms with van der Waals surface area (Å²) < 4.78 is 31.3. The summed E-state index contributed by atoms with van der Waals surface area (Å²) in [6.45, 7) is 1.20. The number of fused-ring (bicyclic) bond motifs is 1. The lowest BCUT2D eigenvalue weighted by Crippen LogP contribution is -2.47. The standard InChI is InChI=1S/C27H32BrNO4S/c28-25-19-23-16-15-22(11-7-17-33-20-21-9-3-1-4-10-21)26(29(23)27(25)30)14-8-18-34(31,32)24-12-5-2-6-13-24/h1-6,9-13,23,25-26H,7-8,14-20H2/b22-11+/t23-,25?,26+/m0/s1. The molecule has 2 aromatic rings. The maximum atomic E-state index is 12.9. The third-order valence-corrected chi connectivity index (χ3v) is 9.28. The second-order valence-electron chi connectivity index (χ2n) is 9.04. The van der Waals surface area contributed by atoms with Gasteiger partial charge in [0.1, 0.15) is 0 Å². The Hall–Kier alpha value is -1.96. The first-order valence-electron chi connectivity index (χ1n) is 12.0. The highest BCUT2D eigenvalue weighted by molar-refractivity contribution is 9.10. The summed E-state index contributed by atoms with van der Waals surface area (Å²) >= 11 is 3.54. The van der Waals surface area contributed by atoms with Crippen molar-refractivity contribution in [2.24, 2.45) is 0 Å². The molecule has 0 aromatic heterocycles. The van der Waals surface area contributed by atoms with Crippen molar-refractivity contribution in [1.29, 1.82) is 0 Å². The number of amides is 1. The molecule has 2 aliphatic rings. The van der Waals surface area contributed by atoms with Gasteiger partial charge in [0.05, 0.1) is 34.7 Å². The molecule has 182 valence electrons. The van der Waals surface area contributed by atoms with Gasteiger partial charge in [-0.2, -0.15) is 0 Å². The van der Waals surface area contributed by atoms with Crippen LogP contribution in [0.15, 0.2) is 77.2 Å². The van der Waals surface area contributed by atoms with Crippen molar-refractivity contribution in [2.45, 2.75) is 66.9 Å². The van der Waals surface area contributed by atoms with E-state index in [0.29, 0.717) is 31.0 Å². The first kappa shape index (κ1) is 25.1. The Bertz CT molecular complexity index is 1090. The number of hydrogen-bond donors (Lipinski definition) is 0. The molecular weight excluding hydrogens is 514 g/mol. The van der Waals surface area contributed by atoms with Crippen LogP contribution in [0, 0.1) is 0 Å². The zero-order valence-corrected chi connectivity index (χ0v) is 21.7. The van der Waals surface area contributed by atoms with Crippen LogP contribution >= 0.6 is 15.9 Å². The summed E-state index contributed by atoms with van der Waals surface area (Å²) in [5, 5.41) is 0. The van der Waals surface area contributed by atoms with E-state index in [0.717, 1.165) is 31.2 Å².